The second kappa shape index (κ2) is 8.72. The SMILES string of the molecule is CCCc1c(C(=O)NCCc2ccc(Cl)cc2Cl)cnc2cc(C(C)(C)C)nn12. The minimum absolute atomic E-state index is 0.0859. The van der Waals surface area contributed by atoms with Gasteiger partial charge in [0, 0.05) is 34.3 Å². The normalized spacial score (nSPS) is 11.8. The number of carbonyl (C=O) groups excluding carboxylic acids is 1. The molecule has 0 saturated heterocycles. The van der Waals surface area contributed by atoms with E-state index < -0.39 is 0 Å². The fourth-order valence-corrected chi connectivity index (χ4v) is 3.65. The maximum absolute atomic E-state index is 12.9. The third-order valence-electron chi connectivity index (χ3n) is 4.78. The molecule has 2 heterocycles. The highest BCUT2D eigenvalue weighted by molar-refractivity contribution is 6.35. The highest BCUT2D eigenvalue weighted by Crippen LogP contribution is 2.24. The number of rotatable bonds is 6. The molecule has 2 aromatic heterocycles. The van der Waals surface area contributed by atoms with E-state index in [1.807, 2.05) is 16.6 Å². The number of nitrogens with zero attached hydrogens (tertiary/aromatic N) is 3. The Morgan fingerprint density at radius 3 is 2.59 bits per heavy atom. The summed E-state index contributed by atoms with van der Waals surface area (Å²) in [5.74, 6) is -0.152. The molecule has 0 aliphatic heterocycles. The van der Waals surface area contributed by atoms with E-state index >= 15 is 0 Å². The lowest BCUT2D eigenvalue weighted by molar-refractivity contribution is 0.0952. The number of nitrogens with one attached hydrogen (secondary N) is 1. The van der Waals surface area contributed by atoms with Gasteiger partial charge in [0.25, 0.3) is 5.91 Å². The molecule has 7 heteroatoms. The molecule has 0 fully saturated rings. The zero-order valence-corrected chi connectivity index (χ0v) is 18.7. The average molecular weight is 433 g/mol. The zero-order chi connectivity index (χ0) is 21.2. The highest BCUT2D eigenvalue weighted by atomic mass is 35.5. The first-order valence-corrected chi connectivity index (χ1v) is 10.6. The molecule has 1 aromatic carbocycles. The summed E-state index contributed by atoms with van der Waals surface area (Å²) in [5, 5.41) is 8.92. The van der Waals surface area contributed by atoms with Crippen LogP contribution in [0, 0.1) is 0 Å². The molecule has 0 unspecified atom stereocenters. The van der Waals surface area contributed by atoms with Crippen molar-refractivity contribution >= 4 is 34.8 Å². The van der Waals surface area contributed by atoms with Crippen LogP contribution in [0.25, 0.3) is 5.65 Å². The van der Waals surface area contributed by atoms with Crippen molar-refractivity contribution in [1.82, 2.24) is 19.9 Å². The molecule has 1 N–H and O–H groups in total. The van der Waals surface area contributed by atoms with E-state index in [2.05, 4.69) is 38.0 Å². The number of benzene rings is 1. The summed E-state index contributed by atoms with van der Waals surface area (Å²) in [6.07, 6.45) is 3.93. The molecule has 3 aromatic rings. The smallest absolute Gasteiger partial charge is 0.254 e. The van der Waals surface area contributed by atoms with E-state index in [-0.39, 0.29) is 11.3 Å². The van der Waals surface area contributed by atoms with Gasteiger partial charge < -0.3 is 5.32 Å². The summed E-state index contributed by atoms with van der Waals surface area (Å²) < 4.78 is 1.81. The summed E-state index contributed by atoms with van der Waals surface area (Å²) >= 11 is 12.2. The van der Waals surface area contributed by atoms with Crippen LogP contribution in [-0.4, -0.2) is 27.0 Å². The van der Waals surface area contributed by atoms with Crippen molar-refractivity contribution in [1.29, 1.82) is 0 Å². The monoisotopic (exact) mass is 432 g/mol. The Labute approximate surface area is 181 Å². The predicted molar refractivity (Wildman–Crippen MR) is 118 cm³/mol. The van der Waals surface area contributed by atoms with Crippen molar-refractivity contribution in [2.24, 2.45) is 0 Å². The molecule has 0 atom stereocenters. The second-order valence-electron chi connectivity index (χ2n) is 8.16. The van der Waals surface area contributed by atoms with Crippen LogP contribution >= 0.6 is 23.2 Å². The maximum atomic E-state index is 12.9. The van der Waals surface area contributed by atoms with Crippen LogP contribution in [0.3, 0.4) is 0 Å². The first-order valence-electron chi connectivity index (χ1n) is 9.81. The van der Waals surface area contributed by atoms with Crippen LogP contribution in [0.5, 0.6) is 0 Å². The van der Waals surface area contributed by atoms with Gasteiger partial charge in [0.2, 0.25) is 0 Å². The minimum Gasteiger partial charge on any atom is -0.352 e. The van der Waals surface area contributed by atoms with Gasteiger partial charge in [-0.2, -0.15) is 5.10 Å². The first-order chi connectivity index (χ1) is 13.7. The van der Waals surface area contributed by atoms with Gasteiger partial charge in [0.15, 0.2) is 5.65 Å². The molecule has 0 saturated carbocycles. The van der Waals surface area contributed by atoms with E-state index in [1.165, 1.54) is 0 Å². The largest absolute Gasteiger partial charge is 0.352 e. The van der Waals surface area contributed by atoms with Crippen molar-refractivity contribution < 1.29 is 4.79 Å². The third kappa shape index (κ3) is 4.90. The van der Waals surface area contributed by atoms with Gasteiger partial charge in [-0.1, -0.05) is 63.4 Å². The van der Waals surface area contributed by atoms with Gasteiger partial charge in [-0.25, -0.2) is 9.50 Å². The molecule has 3 rings (SSSR count). The number of aromatic nitrogens is 3. The third-order valence-corrected chi connectivity index (χ3v) is 5.36. The Kier molecular flexibility index (Phi) is 6.49. The molecule has 5 nitrogen and oxygen atoms in total. The Hall–Kier alpha value is -2.11. The number of carbonyl (C=O) groups is 1. The summed E-state index contributed by atoms with van der Waals surface area (Å²) in [4.78, 5) is 17.3. The molecule has 1 amide bonds. The van der Waals surface area contributed by atoms with E-state index in [0.29, 0.717) is 28.6 Å². The van der Waals surface area contributed by atoms with Gasteiger partial charge in [-0.05, 0) is 30.5 Å². The molecule has 29 heavy (non-hydrogen) atoms. The van der Waals surface area contributed by atoms with Gasteiger partial charge in [0.1, 0.15) is 0 Å². The minimum atomic E-state index is -0.152. The Bertz CT molecular complexity index is 1040. The summed E-state index contributed by atoms with van der Waals surface area (Å²) in [7, 11) is 0. The lowest BCUT2D eigenvalue weighted by Crippen LogP contribution is -2.28. The van der Waals surface area contributed by atoms with Gasteiger partial charge in [-0.15, -0.1) is 0 Å². The number of amides is 1. The van der Waals surface area contributed by atoms with Crippen molar-refractivity contribution in [3.05, 3.63) is 63.0 Å². The van der Waals surface area contributed by atoms with Crippen molar-refractivity contribution in [2.75, 3.05) is 6.54 Å². The Morgan fingerprint density at radius 1 is 1.17 bits per heavy atom. The molecule has 0 bridgehead atoms. The van der Waals surface area contributed by atoms with Crippen LogP contribution in [0.4, 0.5) is 0 Å². The lowest BCUT2D eigenvalue weighted by atomic mass is 9.93. The second-order valence-corrected chi connectivity index (χ2v) is 9.00. The summed E-state index contributed by atoms with van der Waals surface area (Å²) in [6, 6.07) is 7.38. The van der Waals surface area contributed by atoms with Crippen LogP contribution in [-0.2, 0) is 18.3 Å². The molecule has 0 spiro atoms. The molecular weight excluding hydrogens is 407 g/mol. The van der Waals surface area contributed by atoms with Crippen LogP contribution < -0.4 is 5.32 Å². The zero-order valence-electron chi connectivity index (χ0n) is 17.2. The standard InChI is InChI=1S/C22H26Cl2N4O/c1-5-6-18-16(13-26-20-12-19(22(2,3)4)27-28(18)20)21(29)25-10-9-14-7-8-15(23)11-17(14)24/h7-8,11-13H,5-6,9-10H2,1-4H3,(H,25,29). The van der Waals surface area contributed by atoms with Crippen molar-refractivity contribution in [3.8, 4) is 0 Å². The van der Waals surface area contributed by atoms with E-state index in [9.17, 15) is 4.79 Å². The van der Waals surface area contributed by atoms with Gasteiger partial charge in [0.05, 0.1) is 17.0 Å². The van der Waals surface area contributed by atoms with Crippen molar-refractivity contribution in [3.63, 3.8) is 0 Å². The maximum Gasteiger partial charge on any atom is 0.254 e. The number of halogens is 2. The van der Waals surface area contributed by atoms with Crippen LogP contribution in [0.15, 0.2) is 30.5 Å². The molecular formula is C22H26Cl2N4O. The summed E-state index contributed by atoms with van der Waals surface area (Å²) in [5.41, 5.74) is 4.03. The lowest BCUT2D eigenvalue weighted by Gasteiger charge is -2.14. The average Bonchev–Trinajstić information content (AvgIpc) is 3.09. The molecule has 0 radical (unpaired) electrons. The predicted octanol–water partition coefficient (Wildman–Crippen LogP) is 5.26. The fourth-order valence-electron chi connectivity index (χ4n) is 3.15. The number of aryl methyl sites for hydroxylation is 1. The summed E-state index contributed by atoms with van der Waals surface area (Å²) in [6.45, 7) is 8.90. The quantitative estimate of drug-likeness (QED) is 0.577. The molecule has 154 valence electrons. The first kappa shape index (κ1) is 21.6. The number of hydrogen-bond donors (Lipinski definition) is 1. The topological polar surface area (TPSA) is 59.3 Å². The van der Waals surface area contributed by atoms with Gasteiger partial charge in [-0.3, -0.25) is 4.79 Å². The van der Waals surface area contributed by atoms with E-state index in [0.717, 1.165) is 35.4 Å². The molecule has 0 aliphatic rings. The number of hydrogen-bond acceptors (Lipinski definition) is 3. The van der Waals surface area contributed by atoms with E-state index in [1.54, 1.807) is 18.3 Å². The fraction of sp³-hybridized carbons (Fsp3) is 0.409. The van der Waals surface area contributed by atoms with Crippen LogP contribution in [0.2, 0.25) is 10.0 Å². The van der Waals surface area contributed by atoms with Gasteiger partial charge >= 0.3 is 0 Å². The number of fused-ring (bicyclic) bond motifs is 1. The Balaban J connectivity index is 1.82. The molecule has 0 aliphatic carbocycles. The highest BCUT2D eigenvalue weighted by Gasteiger charge is 2.21. The van der Waals surface area contributed by atoms with Crippen LogP contribution in [0.1, 0.15) is 61.4 Å². The Morgan fingerprint density at radius 2 is 1.93 bits per heavy atom. The van der Waals surface area contributed by atoms with Crippen molar-refractivity contribution in [2.45, 2.75) is 52.4 Å². The van der Waals surface area contributed by atoms with E-state index in [4.69, 9.17) is 28.3 Å².